The fraction of sp³-hybridized carbons (Fsp3) is 0.286. The van der Waals surface area contributed by atoms with Gasteiger partial charge < -0.3 is 9.84 Å². The molecule has 0 spiro atoms. The van der Waals surface area contributed by atoms with Gasteiger partial charge in [0, 0.05) is 6.07 Å². The average Bonchev–Trinajstić information content (AvgIpc) is 2.91. The molecule has 1 unspecified atom stereocenters. The maximum Gasteiger partial charge on any atom is 0.274 e. The van der Waals surface area contributed by atoms with Gasteiger partial charge in [-0.1, -0.05) is 10.4 Å². The summed E-state index contributed by atoms with van der Waals surface area (Å²) in [5, 5.41) is 19.3. The third-order valence-electron chi connectivity index (χ3n) is 1.77. The lowest BCUT2D eigenvalue weighted by molar-refractivity contribution is 0.0929. The molecule has 0 saturated carbocycles. The summed E-state index contributed by atoms with van der Waals surface area (Å²) >= 11 is 0. The molecule has 0 aliphatic carbocycles. The van der Waals surface area contributed by atoms with Gasteiger partial charge in [-0.3, -0.25) is 4.79 Å². The molecule has 8 nitrogen and oxygen atoms in total. The normalized spacial score (nSPS) is 12.3. The smallest absolute Gasteiger partial charge is 0.274 e. The third-order valence-corrected chi connectivity index (χ3v) is 1.77. The van der Waals surface area contributed by atoms with Crippen molar-refractivity contribution in [1.82, 2.24) is 31.1 Å². The van der Waals surface area contributed by atoms with Crippen molar-refractivity contribution in [1.29, 1.82) is 0 Å². The molecule has 0 aromatic carbocycles. The van der Waals surface area contributed by atoms with E-state index in [4.69, 9.17) is 0 Å². The number of carbonyl (C=O) groups excluding carboxylic acids is 1. The second-order valence-corrected chi connectivity index (χ2v) is 2.85. The number of hydrogen-bond donors (Lipinski definition) is 2. The van der Waals surface area contributed by atoms with Crippen LogP contribution in [0.4, 0.5) is 0 Å². The standard InChI is InChI=1S/C7H8N6O2/c1-4(6-9-12-13-10-6)8-7(14)5-2-3-15-11-5/h2-4H,1H3,(H,8,14)(H,9,10,12,13). The molecule has 2 heterocycles. The van der Waals surface area contributed by atoms with Crippen LogP contribution in [-0.4, -0.2) is 31.7 Å². The third kappa shape index (κ3) is 1.98. The van der Waals surface area contributed by atoms with Gasteiger partial charge in [-0.15, -0.1) is 10.2 Å². The summed E-state index contributed by atoms with van der Waals surface area (Å²) in [6.07, 6.45) is 1.33. The van der Waals surface area contributed by atoms with Crippen molar-refractivity contribution < 1.29 is 9.32 Å². The Labute approximate surface area is 84.0 Å². The van der Waals surface area contributed by atoms with E-state index in [0.717, 1.165) is 0 Å². The lowest BCUT2D eigenvalue weighted by Gasteiger charge is -2.07. The maximum atomic E-state index is 11.5. The Morgan fingerprint density at radius 1 is 1.67 bits per heavy atom. The molecule has 0 aliphatic rings. The highest BCUT2D eigenvalue weighted by molar-refractivity contribution is 5.92. The van der Waals surface area contributed by atoms with Crippen LogP contribution >= 0.6 is 0 Å². The van der Waals surface area contributed by atoms with Gasteiger partial charge in [0.25, 0.3) is 5.91 Å². The number of hydrogen-bond acceptors (Lipinski definition) is 6. The number of carbonyl (C=O) groups is 1. The van der Waals surface area contributed by atoms with E-state index in [1.165, 1.54) is 12.3 Å². The number of nitrogens with zero attached hydrogens (tertiary/aromatic N) is 4. The van der Waals surface area contributed by atoms with E-state index < -0.39 is 0 Å². The van der Waals surface area contributed by atoms with E-state index in [2.05, 4.69) is 35.6 Å². The molecular weight excluding hydrogens is 200 g/mol. The Morgan fingerprint density at radius 2 is 2.53 bits per heavy atom. The van der Waals surface area contributed by atoms with Crippen molar-refractivity contribution in [2.75, 3.05) is 0 Å². The molecule has 1 atom stereocenters. The van der Waals surface area contributed by atoms with Crippen molar-refractivity contribution in [3.8, 4) is 0 Å². The second-order valence-electron chi connectivity index (χ2n) is 2.85. The first-order chi connectivity index (χ1) is 7.27. The SMILES string of the molecule is CC(NC(=O)c1ccon1)c1nn[nH]n1. The summed E-state index contributed by atoms with van der Waals surface area (Å²) in [7, 11) is 0. The van der Waals surface area contributed by atoms with Crippen molar-refractivity contribution in [3.05, 3.63) is 23.8 Å². The lowest BCUT2D eigenvalue weighted by Crippen LogP contribution is -2.27. The fourth-order valence-corrected chi connectivity index (χ4v) is 1.02. The molecule has 8 heteroatoms. The number of tetrazole rings is 1. The van der Waals surface area contributed by atoms with E-state index in [1.807, 2.05) is 0 Å². The molecule has 2 aromatic rings. The summed E-state index contributed by atoms with van der Waals surface area (Å²) in [6, 6.07) is 1.13. The minimum atomic E-state index is -0.346. The van der Waals surface area contributed by atoms with Gasteiger partial charge in [0.15, 0.2) is 11.5 Å². The predicted octanol–water partition coefficient (Wildman–Crippen LogP) is -0.321. The van der Waals surface area contributed by atoms with Gasteiger partial charge in [0.1, 0.15) is 6.26 Å². The summed E-state index contributed by atoms with van der Waals surface area (Å²) in [4.78, 5) is 11.5. The van der Waals surface area contributed by atoms with Crippen LogP contribution in [0, 0.1) is 0 Å². The molecule has 0 aliphatic heterocycles. The number of aromatic amines is 1. The van der Waals surface area contributed by atoms with E-state index >= 15 is 0 Å². The van der Waals surface area contributed by atoms with Crippen molar-refractivity contribution in [3.63, 3.8) is 0 Å². The first-order valence-corrected chi connectivity index (χ1v) is 4.22. The number of rotatable bonds is 3. The number of amides is 1. The van der Waals surface area contributed by atoms with E-state index in [9.17, 15) is 4.79 Å². The highest BCUT2D eigenvalue weighted by Crippen LogP contribution is 2.04. The van der Waals surface area contributed by atoms with E-state index in [0.29, 0.717) is 5.82 Å². The van der Waals surface area contributed by atoms with Crippen LogP contribution in [0.5, 0.6) is 0 Å². The number of aromatic nitrogens is 5. The van der Waals surface area contributed by atoms with Crippen LogP contribution in [0.3, 0.4) is 0 Å². The van der Waals surface area contributed by atoms with Crippen LogP contribution in [0.2, 0.25) is 0 Å². The van der Waals surface area contributed by atoms with Crippen LogP contribution in [0.15, 0.2) is 16.9 Å². The Bertz CT molecular complexity index is 422. The Balaban J connectivity index is 2.01. The zero-order chi connectivity index (χ0) is 10.7. The summed E-state index contributed by atoms with van der Waals surface area (Å²) in [6.45, 7) is 1.74. The topological polar surface area (TPSA) is 110 Å². The number of H-pyrrole nitrogens is 1. The lowest BCUT2D eigenvalue weighted by atomic mass is 10.3. The zero-order valence-electron chi connectivity index (χ0n) is 7.84. The van der Waals surface area contributed by atoms with Crippen molar-refractivity contribution in [2.45, 2.75) is 13.0 Å². The van der Waals surface area contributed by atoms with Gasteiger partial charge in [-0.05, 0) is 6.92 Å². The minimum Gasteiger partial charge on any atom is -0.364 e. The van der Waals surface area contributed by atoms with Crippen LogP contribution in [-0.2, 0) is 0 Å². The Kier molecular flexibility index (Phi) is 2.40. The maximum absolute atomic E-state index is 11.5. The van der Waals surface area contributed by atoms with Gasteiger partial charge in [-0.25, -0.2) is 0 Å². The monoisotopic (exact) mass is 208 g/mol. The molecule has 0 bridgehead atoms. The second kappa shape index (κ2) is 3.86. The highest BCUT2D eigenvalue weighted by atomic mass is 16.5. The van der Waals surface area contributed by atoms with Crippen LogP contribution in [0.25, 0.3) is 0 Å². The first-order valence-electron chi connectivity index (χ1n) is 4.22. The molecule has 0 fully saturated rings. The Hall–Kier alpha value is -2.25. The summed E-state index contributed by atoms with van der Waals surface area (Å²) in [5.74, 6) is 0.0629. The molecule has 2 aromatic heterocycles. The average molecular weight is 208 g/mol. The summed E-state index contributed by atoms with van der Waals surface area (Å²) in [5.41, 5.74) is 0.213. The largest absolute Gasteiger partial charge is 0.364 e. The van der Waals surface area contributed by atoms with E-state index in [1.54, 1.807) is 6.92 Å². The van der Waals surface area contributed by atoms with Gasteiger partial charge >= 0.3 is 0 Å². The molecule has 2 N–H and O–H groups in total. The number of nitrogens with one attached hydrogen (secondary N) is 2. The van der Waals surface area contributed by atoms with Gasteiger partial charge in [0.05, 0.1) is 6.04 Å². The molecule has 0 radical (unpaired) electrons. The van der Waals surface area contributed by atoms with Crippen molar-refractivity contribution >= 4 is 5.91 Å². The molecule has 0 saturated heterocycles. The Morgan fingerprint density at radius 3 is 3.13 bits per heavy atom. The quantitative estimate of drug-likeness (QED) is 0.715. The van der Waals surface area contributed by atoms with Crippen LogP contribution in [0.1, 0.15) is 29.3 Å². The minimum absolute atomic E-state index is 0.213. The summed E-state index contributed by atoms with van der Waals surface area (Å²) < 4.78 is 4.55. The van der Waals surface area contributed by atoms with Gasteiger partial charge in [-0.2, -0.15) is 5.21 Å². The molecule has 2 rings (SSSR count). The van der Waals surface area contributed by atoms with Gasteiger partial charge in [0.2, 0.25) is 0 Å². The molecule has 15 heavy (non-hydrogen) atoms. The first kappa shape index (κ1) is 9.31. The fourth-order valence-electron chi connectivity index (χ4n) is 1.02. The predicted molar refractivity (Wildman–Crippen MR) is 46.6 cm³/mol. The molecular formula is C7H8N6O2. The molecule has 78 valence electrons. The highest BCUT2D eigenvalue weighted by Gasteiger charge is 2.16. The van der Waals surface area contributed by atoms with Crippen molar-refractivity contribution in [2.24, 2.45) is 0 Å². The zero-order valence-corrected chi connectivity index (χ0v) is 7.84. The van der Waals surface area contributed by atoms with Crippen LogP contribution < -0.4 is 5.32 Å². The molecule has 1 amide bonds. The van der Waals surface area contributed by atoms with E-state index in [-0.39, 0.29) is 17.6 Å².